The Balaban J connectivity index is 1.25. The standard InChI is InChI=1S/C50H32/c1-2-12-35(13-3-1)47-29-37-16-6-7-17-38(37)30-48(47)41-24-26-46-44-25-23-40(39-22-21-33-11-4-5-15-36(33)27-39)28-42(44)32-50(49(46)31-41)45-20-10-18-34-14-8-9-19-43(34)45/h1-32H. The predicted octanol–water partition coefficient (Wildman–Crippen LogP) is 14.1. The van der Waals surface area contributed by atoms with E-state index in [1.54, 1.807) is 0 Å². The number of hydrogen-bond acceptors (Lipinski definition) is 0. The molecule has 0 aromatic heterocycles. The number of rotatable bonds is 4. The largest absolute Gasteiger partial charge is 0.0622 e. The molecule has 10 rings (SSSR count). The minimum Gasteiger partial charge on any atom is -0.0622 e. The molecule has 0 saturated heterocycles. The monoisotopic (exact) mass is 632 g/mol. The average Bonchev–Trinajstić information content (AvgIpc) is 3.19. The number of benzene rings is 10. The maximum absolute atomic E-state index is 2.43. The van der Waals surface area contributed by atoms with Crippen LogP contribution in [0.3, 0.4) is 0 Å². The molecule has 0 unspecified atom stereocenters. The summed E-state index contributed by atoms with van der Waals surface area (Å²) in [7, 11) is 0. The van der Waals surface area contributed by atoms with E-state index in [-0.39, 0.29) is 0 Å². The van der Waals surface area contributed by atoms with Gasteiger partial charge in [-0.15, -0.1) is 0 Å². The van der Waals surface area contributed by atoms with Crippen molar-refractivity contribution in [3.05, 3.63) is 194 Å². The van der Waals surface area contributed by atoms with Crippen LogP contribution in [0.15, 0.2) is 194 Å². The van der Waals surface area contributed by atoms with Crippen LogP contribution in [0, 0.1) is 0 Å². The lowest BCUT2D eigenvalue weighted by Crippen LogP contribution is -1.90. The molecular formula is C50H32. The third-order valence-corrected chi connectivity index (χ3v) is 10.4. The van der Waals surface area contributed by atoms with Crippen molar-refractivity contribution in [2.75, 3.05) is 0 Å². The van der Waals surface area contributed by atoms with Gasteiger partial charge in [-0.3, -0.25) is 0 Å². The van der Waals surface area contributed by atoms with Crippen LogP contribution < -0.4 is 0 Å². The van der Waals surface area contributed by atoms with E-state index in [4.69, 9.17) is 0 Å². The Morgan fingerprint density at radius 2 is 0.720 bits per heavy atom. The second-order valence-corrected chi connectivity index (χ2v) is 13.3. The van der Waals surface area contributed by atoms with Gasteiger partial charge in [0.1, 0.15) is 0 Å². The molecule has 0 atom stereocenters. The van der Waals surface area contributed by atoms with Crippen LogP contribution in [-0.2, 0) is 0 Å². The van der Waals surface area contributed by atoms with E-state index in [0.717, 1.165) is 0 Å². The van der Waals surface area contributed by atoms with Crippen LogP contribution in [-0.4, -0.2) is 0 Å². The Kier molecular flexibility index (Phi) is 6.60. The molecule has 0 heterocycles. The summed E-state index contributed by atoms with van der Waals surface area (Å²) in [6, 6.07) is 71.5. The zero-order valence-corrected chi connectivity index (χ0v) is 27.5. The molecule has 0 spiro atoms. The van der Waals surface area contributed by atoms with Crippen LogP contribution in [0.4, 0.5) is 0 Å². The van der Waals surface area contributed by atoms with Crippen LogP contribution in [0.1, 0.15) is 0 Å². The molecule has 50 heavy (non-hydrogen) atoms. The summed E-state index contributed by atoms with van der Waals surface area (Å²) in [6.07, 6.45) is 0. The Labute approximate surface area is 291 Å². The lowest BCUT2D eigenvalue weighted by Gasteiger charge is -2.17. The quantitative estimate of drug-likeness (QED) is 0.169. The fourth-order valence-electron chi connectivity index (χ4n) is 7.90. The zero-order valence-electron chi connectivity index (χ0n) is 27.5. The molecule has 0 heteroatoms. The molecule has 0 fully saturated rings. The van der Waals surface area contributed by atoms with E-state index >= 15 is 0 Å². The highest BCUT2D eigenvalue weighted by Crippen LogP contribution is 2.43. The minimum atomic E-state index is 1.22. The van der Waals surface area contributed by atoms with Crippen molar-refractivity contribution < 1.29 is 0 Å². The zero-order chi connectivity index (χ0) is 33.0. The van der Waals surface area contributed by atoms with E-state index in [1.807, 2.05) is 0 Å². The molecule has 10 aromatic rings. The van der Waals surface area contributed by atoms with Gasteiger partial charge in [0.05, 0.1) is 0 Å². The van der Waals surface area contributed by atoms with Crippen LogP contribution in [0.2, 0.25) is 0 Å². The summed E-state index contributed by atoms with van der Waals surface area (Å²) >= 11 is 0. The number of hydrogen-bond donors (Lipinski definition) is 0. The highest BCUT2D eigenvalue weighted by Gasteiger charge is 2.16. The Hall–Kier alpha value is -6.50. The second-order valence-electron chi connectivity index (χ2n) is 13.3. The molecule has 0 aliphatic heterocycles. The Morgan fingerprint density at radius 1 is 0.180 bits per heavy atom. The molecule has 0 amide bonds. The molecule has 0 N–H and O–H groups in total. The lowest BCUT2D eigenvalue weighted by molar-refractivity contribution is 1.62. The van der Waals surface area contributed by atoms with Gasteiger partial charge in [-0.2, -0.15) is 0 Å². The Morgan fingerprint density at radius 3 is 1.50 bits per heavy atom. The van der Waals surface area contributed by atoms with Crippen molar-refractivity contribution in [2.24, 2.45) is 0 Å². The molecule has 0 radical (unpaired) electrons. The van der Waals surface area contributed by atoms with Crippen LogP contribution in [0.5, 0.6) is 0 Å². The highest BCUT2D eigenvalue weighted by molar-refractivity contribution is 6.18. The third-order valence-electron chi connectivity index (χ3n) is 10.4. The van der Waals surface area contributed by atoms with Crippen molar-refractivity contribution in [1.29, 1.82) is 0 Å². The molecule has 0 saturated carbocycles. The van der Waals surface area contributed by atoms with E-state index in [0.29, 0.717) is 0 Å². The first-order valence-corrected chi connectivity index (χ1v) is 17.3. The molecule has 0 bridgehead atoms. The average molecular weight is 633 g/mol. The van der Waals surface area contributed by atoms with Crippen molar-refractivity contribution >= 4 is 53.9 Å². The van der Waals surface area contributed by atoms with Crippen molar-refractivity contribution in [3.63, 3.8) is 0 Å². The molecule has 10 aromatic carbocycles. The predicted molar refractivity (Wildman–Crippen MR) is 216 cm³/mol. The summed E-state index contributed by atoms with van der Waals surface area (Å²) in [6.45, 7) is 0. The van der Waals surface area contributed by atoms with E-state index in [9.17, 15) is 0 Å². The Bertz CT molecular complexity index is 2910. The van der Waals surface area contributed by atoms with Crippen LogP contribution >= 0.6 is 0 Å². The first kappa shape index (κ1) is 28.5. The normalized spacial score (nSPS) is 11.6. The van der Waals surface area contributed by atoms with Gasteiger partial charge in [0.2, 0.25) is 0 Å². The van der Waals surface area contributed by atoms with E-state index < -0.39 is 0 Å². The summed E-state index contributed by atoms with van der Waals surface area (Å²) in [4.78, 5) is 0. The fourth-order valence-corrected chi connectivity index (χ4v) is 7.90. The van der Waals surface area contributed by atoms with Gasteiger partial charge in [0.15, 0.2) is 0 Å². The van der Waals surface area contributed by atoms with Crippen molar-refractivity contribution in [2.45, 2.75) is 0 Å². The minimum absolute atomic E-state index is 1.22. The lowest BCUT2D eigenvalue weighted by atomic mass is 9.86. The molecule has 0 nitrogen and oxygen atoms in total. The van der Waals surface area contributed by atoms with Gasteiger partial charge in [0.25, 0.3) is 0 Å². The van der Waals surface area contributed by atoms with Gasteiger partial charge in [0, 0.05) is 0 Å². The van der Waals surface area contributed by atoms with Gasteiger partial charge in [-0.25, -0.2) is 0 Å². The van der Waals surface area contributed by atoms with Gasteiger partial charge < -0.3 is 0 Å². The molecule has 0 aliphatic rings. The van der Waals surface area contributed by atoms with Gasteiger partial charge >= 0.3 is 0 Å². The van der Waals surface area contributed by atoms with Gasteiger partial charge in [-0.05, 0) is 135 Å². The maximum Gasteiger partial charge on any atom is -0.00926 e. The fraction of sp³-hybridized carbons (Fsp3) is 0. The third kappa shape index (κ3) is 4.77. The second kappa shape index (κ2) is 11.6. The first-order valence-electron chi connectivity index (χ1n) is 17.3. The molecule has 0 aliphatic carbocycles. The van der Waals surface area contributed by atoms with E-state index in [2.05, 4.69) is 194 Å². The summed E-state index contributed by atoms with van der Waals surface area (Å²) in [5, 5.41) is 12.6. The van der Waals surface area contributed by atoms with Crippen molar-refractivity contribution in [3.8, 4) is 44.5 Å². The summed E-state index contributed by atoms with van der Waals surface area (Å²) in [5.74, 6) is 0. The van der Waals surface area contributed by atoms with Crippen molar-refractivity contribution in [1.82, 2.24) is 0 Å². The molecule has 232 valence electrons. The van der Waals surface area contributed by atoms with Gasteiger partial charge in [-0.1, -0.05) is 158 Å². The number of fused-ring (bicyclic) bond motifs is 6. The highest BCUT2D eigenvalue weighted by atomic mass is 14.2. The maximum atomic E-state index is 2.43. The smallest absolute Gasteiger partial charge is 0.00926 e. The summed E-state index contributed by atoms with van der Waals surface area (Å²) in [5.41, 5.74) is 9.90. The molecular weight excluding hydrogens is 601 g/mol. The topological polar surface area (TPSA) is 0 Å². The SMILES string of the molecule is c1ccc(-c2cc3ccccc3cc2-c2ccc3c(c2)c(-c2cccc4ccccc24)cc2cc(-c4ccc5ccccc5c4)ccc23)cc1. The van der Waals surface area contributed by atoms with E-state index in [1.165, 1.54) is 98.4 Å². The first-order chi connectivity index (χ1) is 24.8. The summed E-state index contributed by atoms with van der Waals surface area (Å²) < 4.78 is 0. The van der Waals surface area contributed by atoms with Crippen LogP contribution in [0.25, 0.3) is 98.4 Å².